The highest BCUT2D eigenvalue weighted by Gasteiger charge is 2.37. The molecule has 3 N–H and O–H groups in total. The highest BCUT2D eigenvalue weighted by Crippen LogP contribution is 2.26. The van der Waals surface area contributed by atoms with Crippen molar-refractivity contribution in [3.63, 3.8) is 0 Å². The normalized spacial score (nSPS) is 13.8. The van der Waals surface area contributed by atoms with E-state index in [1.54, 1.807) is 39.8 Å². The monoisotopic (exact) mass is 449 g/mol. The van der Waals surface area contributed by atoms with Crippen molar-refractivity contribution in [2.24, 2.45) is 5.92 Å². The van der Waals surface area contributed by atoms with Crippen molar-refractivity contribution >= 4 is 17.9 Å². The van der Waals surface area contributed by atoms with E-state index in [0.29, 0.717) is 5.56 Å². The van der Waals surface area contributed by atoms with Gasteiger partial charge in [0, 0.05) is 12.1 Å². The lowest BCUT2D eigenvalue weighted by molar-refractivity contribution is -0.143. The fraction of sp³-hybridized carbons (Fsp3) is 0.625. The number of ether oxygens (including phenoxy) is 1. The fourth-order valence-corrected chi connectivity index (χ4v) is 3.16. The van der Waals surface area contributed by atoms with Gasteiger partial charge in [-0.25, -0.2) is 4.79 Å². The molecule has 0 saturated heterocycles. The summed E-state index contributed by atoms with van der Waals surface area (Å²) in [6.45, 7) is 16.5. The Balaban J connectivity index is 3.34. The number of nitrogens with zero attached hydrogens (tertiary/aromatic N) is 1. The van der Waals surface area contributed by atoms with Crippen molar-refractivity contribution < 1.29 is 24.2 Å². The zero-order valence-corrected chi connectivity index (χ0v) is 20.8. The van der Waals surface area contributed by atoms with E-state index >= 15 is 0 Å². The molecule has 0 spiro atoms. The van der Waals surface area contributed by atoms with Gasteiger partial charge in [0.15, 0.2) is 0 Å². The molecule has 0 aromatic heterocycles. The summed E-state index contributed by atoms with van der Waals surface area (Å²) >= 11 is 0. The van der Waals surface area contributed by atoms with Crippen molar-refractivity contribution in [2.75, 3.05) is 6.54 Å². The van der Waals surface area contributed by atoms with Crippen molar-refractivity contribution in [3.8, 4) is 5.75 Å². The maximum atomic E-state index is 13.6. The Labute approximate surface area is 191 Å². The van der Waals surface area contributed by atoms with E-state index in [2.05, 4.69) is 10.6 Å². The largest absolute Gasteiger partial charge is 0.508 e. The van der Waals surface area contributed by atoms with Gasteiger partial charge >= 0.3 is 6.09 Å². The van der Waals surface area contributed by atoms with Crippen LogP contribution in [0.5, 0.6) is 5.75 Å². The molecule has 1 rings (SSSR count). The number of nitrogens with one attached hydrogen (secondary N) is 2. The minimum absolute atomic E-state index is 0.0600. The summed E-state index contributed by atoms with van der Waals surface area (Å²) in [5.41, 5.74) is -0.666. The highest BCUT2D eigenvalue weighted by atomic mass is 16.6. The molecule has 8 nitrogen and oxygen atoms in total. The number of rotatable bonds is 7. The number of likely N-dealkylation sites (N-methyl/N-ethyl adjacent to an activating group) is 1. The Bertz CT molecular complexity index is 791. The molecule has 0 aliphatic heterocycles. The van der Waals surface area contributed by atoms with Crippen LogP contribution in [0.4, 0.5) is 4.79 Å². The van der Waals surface area contributed by atoms with Gasteiger partial charge in [0.1, 0.15) is 23.4 Å². The summed E-state index contributed by atoms with van der Waals surface area (Å²) in [5.74, 6) is -0.923. The first-order valence-electron chi connectivity index (χ1n) is 11.0. The van der Waals surface area contributed by atoms with Crippen LogP contribution in [0.2, 0.25) is 0 Å². The molecule has 180 valence electrons. The number of amides is 3. The van der Waals surface area contributed by atoms with Crippen molar-refractivity contribution in [2.45, 2.75) is 85.5 Å². The predicted octanol–water partition coefficient (Wildman–Crippen LogP) is 3.75. The lowest BCUT2D eigenvalue weighted by Gasteiger charge is -2.36. The number of alkyl carbamates (subject to hydrolysis) is 1. The third-order valence-electron chi connectivity index (χ3n) is 4.50. The first-order valence-corrected chi connectivity index (χ1v) is 11.0. The summed E-state index contributed by atoms with van der Waals surface area (Å²) in [7, 11) is 0. The van der Waals surface area contributed by atoms with E-state index in [9.17, 15) is 19.5 Å². The molecule has 0 saturated carbocycles. The summed E-state index contributed by atoms with van der Waals surface area (Å²) in [4.78, 5) is 40.7. The molecule has 0 aliphatic carbocycles. The number of hydrogen-bond donors (Lipinski definition) is 3. The SMILES string of the molecule is CCN(C(=O)C(NC(=O)OC(C)(C)C)C(C)C)C(C(=O)NC(C)(C)C)c1ccc(O)cc1. The lowest BCUT2D eigenvalue weighted by atomic mass is 9.98. The first-order chi connectivity index (χ1) is 14.6. The molecule has 2 unspecified atom stereocenters. The van der Waals surface area contributed by atoms with E-state index in [4.69, 9.17) is 4.74 Å². The van der Waals surface area contributed by atoms with Gasteiger partial charge in [0.25, 0.3) is 0 Å². The molecule has 1 aromatic carbocycles. The van der Waals surface area contributed by atoms with Gasteiger partial charge in [0.05, 0.1) is 0 Å². The smallest absolute Gasteiger partial charge is 0.408 e. The molecule has 0 fully saturated rings. The van der Waals surface area contributed by atoms with Gasteiger partial charge in [-0.15, -0.1) is 0 Å². The maximum Gasteiger partial charge on any atom is 0.408 e. The van der Waals surface area contributed by atoms with E-state index in [1.807, 2.05) is 34.6 Å². The van der Waals surface area contributed by atoms with Gasteiger partial charge in [-0.1, -0.05) is 26.0 Å². The van der Waals surface area contributed by atoms with Crippen LogP contribution in [0.25, 0.3) is 0 Å². The molecular formula is C24H39N3O5. The zero-order chi connectivity index (χ0) is 24.9. The van der Waals surface area contributed by atoms with Gasteiger partial charge < -0.3 is 25.4 Å². The molecule has 0 bridgehead atoms. The van der Waals surface area contributed by atoms with Crippen molar-refractivity contribution in [3.05, 3.63) is 29.8 Å². The van der Waals surface area contributed by atoms with Crippen molar-refractivity contribution in [1.82, 2.24) is 15.5 Å². The highest BCUT2D eigenvalue weighted by molar-refractivity contribution is 5.92. The molecule has 32 heavy (non-hydrogen) atoms. The lowest BCUT2D eigenvalue weighted by Crippen LogP contribution is -2.56. The van der Waals surface area contributed by atoms with Gasteiger partial charge in [-0.3, -0.25) is 9.59 Å². The van der Waals surface area contributed by atoms with Crippen LogP contribution < -0.4 is 10.6 Å². The summed E-state index contributed by atoms with van der Waals surface area (Å²) in [6, 6.07) is 4.36. The first kappa shape index (κ1) is 27.3. The summed E-state index contributed by atoms with van der Waals surface area (Å²) in [6.07, 6.45) is -0.694. The van der Waals surface area contributed by atoms with E-state index in [0.717, 1.165) is 0 Å². The maximum absolute atomic E-state index is 13.6. The minimum Gasteiger partial charge on any atom is -0.508 e. The minimum atomic E-state index is -0.936. The Morgan fingerprint density at radius 1 is 1.03 bits per heavy atom. The van der Waals surface area contributed by atoms with E-state index < -0.39 is 35.2 Å². The van der Waals surface area contributed by atoms with Crippen LogP contribution >= 0.6 is 0 Å². The molecule has 0 heterocycles. The van der Waals surface area contributed by atoms with Gasteiger partial charge in [0.2, 0.25) is 11.8 Å². The molecule has 2 atom stereocenters. The molecule has 0 radical (unpaired) electrons. The van der Waals surface area contributed by atoms with Crippen LogP contribution in [0.3, 0.4) is 0 Å². The summed E-state index contributed by atoms with van der Waals surface area (Å²) < 4.78 is 5.33. The Morgan fingerprint density at radius 2 is 1.56 bits per heavy atom. The number of benzene rings is 1. The number of phenols is 1. The average molecular weight is 450 g/mol. The summed E-state index contributed by atoms with van der Waals surface area (Å²) in [5, 5.41) is 15.3. The molecule has 8 heteroatoms. The number of aromatic hydroxyl groups is 1. The van der Waals surface area contributed by atoms with Crippen LogP contribution in [-0.4, -0.2) is 51.6 Å². The fourth-order valence-electron chi connectivity index (χ4n) is 3.16. The predicted molar refractivity (Wildman–Crippen MR) is 124 cm³/mol. The molecule has 3 amide bonds. The quantitative estimate of drug-likeness (QED) is 0.588. The topological polar surface area (TPSA) is 108 Å². The second kappa shape index (κ2) is 10.7. The zero-order valence-electron chi connectivity index (χ0n) is 20.8. The van der Waals surface area contributed by atoms with Crippen LogP contribution in [-0.2, 0) is 14.3 Å². The average Bonchev–Trinajstić information content (AvgIpc) is 2.61. The number of phenolic OH excluding ortho intramolecular Hbond substituents is 1. The second-order valence-electron chi connectivity index (χ2n) is 10.2. The standard InChI is InChI=1S/C24H39N3O5/c1-10-27(21(30)18(15(2)3)25-22(31)32-24(7,8)9)19(20(29)26-23(4,5)6)16-11-13-17(28)14-12-16/h11-15,18-19,28H,10H2,1-9H3,(H,25,31)(H,26,29). The van der Waals surface area contributed by atoms with Crippen LogP contribution in [0.15, 0.2) is 24.3 Å². The Kier molecular flexibility index (Phi) is 9.12. The number of carbonyl (C=O) groups is 3. The van der Waals surface area contributed by atoms with Gasteiger partial charge in [-0.05, 0) is 72.1 Å². The Hall–Kier alpha value is -2.77. The third-order valence-corrected chi connectivity index (χ3v) is 4.50. The molecular weight excluding hydrogens is 410 g/mol. The van der Waals surface area contributed by atoms with Crippen LogP contribution in [0, 0.1) is 5.92 Å². The van der Waals surface area contributed by atoms with Crippen molar-refractivity contribution in [1.29, 1.82) is 0 Å². The van der Waals surface area contributed by atoms with Gasteiger partial charge in [-0.2, -0.15) is 0 Å². The second-order valence-corrected chi connectivity index (χ2v) is 10.2. The number of hydrogen-bond acceptors (Lipinski definition) is 5. The Morgan fingerprint density at radius 3 is 1.97 bits per heavy atom. The van der Waals surface area contributed by atoms with Crippen LogP contribution in [0.1, 0.15) is 73.9 Å². The third kappa shape index (κ3) is 8.40. The molecule has 1 aromatic rings. The van der Waals surface area contributed by atoms with E-state index in [1.165, 1.54) is 17.0 Å². The van der Waals surface area contributed by atoms with E-state index in [-0.39, 0.29) is 24.1 Å². The molecule has 0 aliphatic rings. The number of carbonyl (C=O) groups excluding carboxylic acids is 3.